The van der Waals surface area contributed by atoms with Gasteiger partial charge in [0.15, 0.2) is 0 Å². The molecule has 6 nitrogen and oxygen atoms in total. The number of carboxylic acid groups (broad SMARTS) is 2. The van der Waals surface area contributed by atoms with Gasteiger partial charge < -0.3 is 20.7 Å². The van der Waals surface area contributed by atoms with Crippen molar-refractivity contribution in [3.63, 3.8) is 0 Å². The number of aromatic carboxylic acids is 2. The molecule has 0 amide bonds. The van der Waals surface area contributed by atoms with E-state index in [0.717, 1.165) is 12.1 Å². The molecular formula is C9H9NO5. The lowest BCUT2D eigenvalue weighted by Crippen LogP contribution is -2.08. The molecule has 0 aliphatic rings. The summed E-state index contributed by atoms with van der Waals surface area (Å²) in [6.07, 6.45) is 0. The van der Waals surface area contributed by atoms with Crippen molar-refractivity contribution in [2.45, 2.75) is 0 Å². The highest BCUT2D eigenvalue weighted by Gasteiger charge is 2.20. The van der Waals surface area contributed by atoms with Gasteiger partial charge in [0.1, 0.15) is 16.9 Å². The first-order valence-electron chi connectivity index (χ1n) is 3.91. The lowest BCUT2D eigenvalue weighted by Gasteiger charge is -2.09. The van der Waals surface area contributed by atoms with Gasteiger partial charge in [0.25, 0.3) is 0 Å². The van der Waals surface area contributed by atoms with E-state index >= 15 is 0 Å². The van der Waals surface area contributed by atoms with Gasteiger partial charge in [-0.1, -0.05) is 0 Å². The van der Waals surface area contributed by atoms with E-state index in [1.807, 2.05) is 0 Å². The predicted molar refractivity (Wildman–Crippen MR) is 51.3 cm³/mol. The number of benzene rings is 1. The zero-order chi connectivity index (χ0) is 11.6. The van der Waals surface area contributed by atoms with Crippen molar-refractivity contribution in [2.24, 2.45) is 0 Å². The Labute approximate surface area is 84.9 Å². The third kappa shape index (κ3) is 1.98. The summed E-state index contributed by atoms with van der Waals surface area (Å²) in [7, 11) is 1.20. The predicted octanol–water partition coefficient (Wildman–Crippen LogP) is 0.674. The first-order valence-corrected chi connectivity index (χ1v) is 3.91. The minimum Gasteiger partial charge on any atom is -0.495 e. The van der Waals surface area contributed by atoms with Gasteiger partial charge in [-0.05, 0) is 12.1 Å². The van der Waals surface area contributed by atoms with Crippen molar-refractivity contribution in [3.8, 4) is 5.75 Å². The molecule has 0 saturated carbocycles. The van der Waals surface area contributed by atoms with Gasteiger partial charge >= 0.3 is 11.9 Å². The van der Waals surface area contributed by atoms with Crippen LogP contribution in [0.4, 0.5) is 5.69 Å². The first kappa shape index (κ1) is 10.8. The number of hydrogen-bond acceptors (Lipinski definition) is 4. The average molecular weight is 211 g/mol. The zero-order valence-corrected chi connectivity index (χ0v) is 7.85. The van der Waals surface area contributed by atoms with Gasteiger partial charge in [-0.2, -0.15) is 0 Å². The molecule has 0 saturated heterocycles. The number of rotatable bonds is 3. The van der Waals surface area contributed by atoms with Crippen LogP contribution in [0.5, 0.6) is 5.75 Å². The van der Waals surface area contributed by atoms with E-state index in [2.05, 4.69) is 0 Å². The molecule has 0 fully saturated rings. The van der Waals surface area contributed by atoms with Crippen molar-refractivity contribution in [2.75, 3.05) is 12.8 Å². The Kier molecular flexibility index (Phi) is 2.80. The Bertz CT molecular complexity index is 392. The number of hydrogen-bond donors (Lipinski definition) is 3. The molecule has 6 heteroatoms. The summed E-state index contributed by atoms with van der Waals surface area (Å²) in [4.78, 5) is 21.6. The largest absolute Gasteiger partial charge is 0.495 e. The van der Waals surface area contributed by atoms with Crippen LogP contribution in [0.25, 0.3) is 0 Å². The van der Waals surface area contributed by atoms with Crippen molar-refractivity contribution < 1.29 is 24.5 Å². The quantitative estimate of drug-likeness (QED) is 0.634. The fraction of sp³-hybridized carbons (Fsp3) is 0.111. The van der Waals surface area contributed by atoms with E-state index < -0.39 is 11.9 Å². The van der Waals surface area contributed by atoms with Gasteiger partial charge in [0.2, 0.25) is 0 Å². The molecule has 0 atom stereocenters. The van der Waals surface area contributed by atoms with Gasteiger partial charge in [-0.3, -0.25) is 0 Å². The molecule has 0 spiro atoms. The third-order valence-electron chi connectivity index (χ3n) is 1.78. The van der Waals surface area contributed by atoms with E-state index in [1.54, 1.807) is 0 Å². The first-order chi connectivity index (χ1) is 6.97. The maximum absolute atomic E-state index is 10.8. The van der Waals surface area contributed by atoms with Crippen LogP contribution in [0, 0.1) is 0 Å². The smallest absolute Gasteiger partial charge is 0.339 e. The highest BCUT2D eigenvalue weighted by Crippen LogP contribution is 2.27. The average Bonchev–Trinajstić information content (AvgIpc) is 2.16. The number of ether oxygens (including phenoxy) is 1. The van der Waals surface area contributed by atoms with Crippen LogP contribution in [-0.4, -0.2) is 29.3 Å². The van der Waals surface area contributed by atoms with Crippen LogP contribution in [0.3, 0.4) is 0 Å². The standard InChI is InChI=1S/C9H9NO5/c1-15-7-5(8(11)12)2-4(10)3-6(7)9(13)14/h2-3H,10H2,1H3,(H,11,12)(H,13,14). The molecule has 0 aromatic heterocycles. The summed E-state index contributed by atoms with van der Waals surface area (Å²) in [6, 6.07) is 2.29. The van der Waals surface area contributed by atoms with Crippen LogP contribution in [0.15, 0.2) is 12.1 Å². The number of methoxy groups -OCH3 is 1. The Morgan fingerprint density at radius 1 is 1.20 bits per heavy atom. The van der Waals surface area contributed by atoms with Crippen LogP contribution in [-0.2, 0) is 0 Å². The number of carbonyl (C=O) groups is 2. The zero-order valence-electron chi connectivity index (χ0n) is 7.85. The topological polar surface area (TPSA) is 110 Å². The van der Waals surface area contributed by atoms with Crippen LogP contribution in [0.1, 0.15) is 20.7 Å². The molecule has 1 rings (SSSR count). The number of nitrogens with two attached hydrogens (primary N) is 1. The van der Waals surface area contributed by atoms with Crippen molar-refractivity contribution in [1.29, 1.82) is 0 Å². The normalized spacial score (nSPS) is 9.67. The van der Waals surface area contributed by atoms with Crippen LogP contribution < -0.4 is 10.5 Å². The summed E-state index contributed by atoms with van der Waals surface area (Å²) >= 11 is 0. The van der Waals surface area contributed by atoms with Crippen molar-refractivity contribution >= 4 is 17.6 Å². The lowest BCUT2D eigenvalue weighted by atomic mass is 10.1. The molecule has 0 heterocycles. The highest BCUT2D eigenvalue weighted by molar-refractivity contribution is 6.00. The SMILES string of the molecule is COc1c(C(=O)O)cc(N)cc1C(=O)O. The summed E-state index contributed by atoms with van der Waals surface area (Å²) in [5.74, 6) is -2.78. The van der Waals surface area contributed by atoms with Gasteiger partial charge in [0, 0.05) is 5.69 Å². The summed E-state index contributed by atoms with van der Waals surface area (Å²) < 4.78 is 4.74. The minimum absolute atomic E-state index is 0.0607. The van der Waals surface area contributed by atoms with Crippen LogP contribution >= 0.6 is 0 Å². The second kappa shape index (κ2) is 3.87. The number of carboxylic acids is 2. The Morgan fingerprint density at radius 3 is 1.87 bits per heavy atom. The minimum atomic E-state index is -1.29. The Hall–Kier alpha value is -2.24. The number of nitrogen functional groups attached to an aromatic ring is 1. The molecular weight excluding hydrogens is 202 g/mol. The molecule has 1 aromatic carbocycles. The van der Waals surface area contributed by atoms with Crippen molar-refractivity contribution in [1.82, 2.24) is 0 Å². The molecule has 1 aromatic rings. The second-order valence-corrected chi connectivity index (χ2v) is 2.76. The highest BCUT2D eigenvalue weighted by atomic mass is 16.5. The molecule has 0 unspecified atom stereocenters. The molecule has 0 aliphatic carbocycles. The van der Waals surface area contributed by atoms with E-state index in [4.69, 9.17) is 20.7 Å². The van der Waals surface area contributed by atoms with Crippen LogP contribution in [0.2, 0.25) is 0 Å². The van der Waals surface area contributed by atoms with Gasteiger partial charge in [0.05, 0.1) is 7.11 Å². The fourth-order valence-corrected chi connectivity index (χ4v) is 1.19. The fourth-order valence-electron chi connectivity index (χ4n) is 1.19. The van der Waals surface area contributed by atoms with E-state index in [0.29, 0.717) is 0 Å². The molecule has 0 aliphatic heterocycles. The Morgan fingerprint density at radius 2 is 1.60 bits per heavy atom. The van der Waals surface area contributed by atoms with Gasteiger partial charge in [-0.15, -0.1) is 0 Å². The van der Waals surface area contributed by atoms with E-state index in [1.165, 1.54) is 7.11 Å². The molecule has 4 N–H and O–H groups in total. The summed E-state index contributed by atoms with van der Waals surface area (Å²) in [5.41, 5.74) is 4.90. The molecule has 0 radical (unpaired) electrons. The second-order valence-electron chi connectivity index (χ2n) is 2.76. The van der Waals surface area contributed by atoms with Crippen molar-refractivity contribution in [3.05, 3.63) is 23.3 Å². The molecule has 15 heavy (non-hydrogen) atoms. The maximum Gasteiger partial charge on any atom is 0.339 e. The van der Waals surface area contributed by atoms with E-state index in [9.17, 15) is 9.59 Å². The maximum atomic E-state index is 10.8. The monoisotopic (exact) mass is 211 g/mol. The molecule has 80 valence electrons. The summed E-state index contributed by atoms with van der Waals surface area (Å²) in [5, 5.41) is 17.6. The van der Waals surface area contributed by atoms with E-state index in [-0.39, 0.29) is 22.6 Å². The number of anilines is 1. The summed E-state index contributed by atoms with van der Waals surface area (Å²) in [6.45, 7) is 0. The Balaban J connectivity index is 3.52. The third-order valence-corrected chi connectivity index (χ3v) is 1.78. The molecule has 0 bridgehead atoms. The van der Waals surface area contributed by atoms with Gasteiger partial charge in [-0.25, -0.2) is 9.59 Å². The lowest BCUT2D eigenvalue weighted by molar-refractivity contribution is 0.0691.